The number of nitrogens with zero attached hydrogens (tertiary/aromatic N) is 3. The molecule has 0 radical (unpaired) electrons. The maximum Gasteiger partial charge on any atom is 0.410 e. The Morgan fingerprint density at radius 2 is 1.62 bits per heavy atom. The van der Waals surface area contributed by atoms with Gasteiger partial charge in [0.15, 0.2) is 0 Å². The topological polar surface area (TPSA) is 82.2 Å². The monoisotopic (exact) mass is 470 g/mol. The van der Waals surface area contributed by atoms with Crippen molar-refractivity contribution in [2.75, 3.05) is 50.7 Å². The molecule has 3 aliphatic rings. The number of carbonyl (C=O) groups is 3. The van der Waals surface area contributed by atoms with Crippen molar-refractivity contribution in [2.24, 2.45) is 5.92 Å². The van der Waals surface area contributed by atoms with Gasteiger partial charge >= 0.3 is 6.09 Å². The molecule has 1 aromatic carbocycles. The second-order valence-corrected chi connectivity index (χ2v) is 10.8. The van der Waals surface area contributed by atoms with Gasteiger partial charge in [0.25, 0.3) is 0 Å². The van der Waals surface area contributed by atoms with Crippen molar-refractivity contribution in [1.82, 2.24) is 15.1 Å². The summed E-state index contributed by atoms with van der Waals surface area (Å²) in [6, 6.07) is 8.28. The smallest absolute Gasteiger partial charge is 0.410 e. The molecular weight excluding hydrogens is 432 g/mol. The number of ether oxygens (including phenoxy) is 1. The van der Waals surface area contributed by atoms with E-state index in [0.29, 0.717) is 18.8 Å². The van der Waals surface area contributed by atoms with Crippen LogP contribution in [0.5, 0.6) is 0 Å². The van der Waals surface area contributed by atoms with Crippen molar-refractivity contribution < 1.29 is 19.1 Å². The van der Waals surface area contributed by atoms with Crippen LogP contribution in [0.2, 0.25) is 0 Å². The predicted molar refractivity (Wildman–Crippen MR) is 131 cm³/mol. The summed E-state index contributed by atoms with van der Waals surface area (Å²) < 4.78 is 5.50. The molecule has 8 nitrogen and oxygen atoms in total. The van der Waals surface area contributed by atoms with Gasteiger partial charge in [-0.25, -0.2) is 4.79 Å². The van der Waals surface area contributed by atoms with Gasteiger partial charge in [-0.3, -0.25) is 19.8 Å². The molecule has 34 heavy (non-hydrogen) atoms. The van der Waals surface area contributed by atoms with E-state index in [4.69, 9.17) is 4.74 Å². The molecule has 4 rings (SSSR count). The van der Waals surface area contributed by atoms with E-state index in [1.54, 1.807) is 0 Å². The molecule has 3 aliphatic heterocycles. The number of benzene rings is 1. The van der Waals surface area contributed by atoms with Crippen molar-refractivity contribution in [3.05, 3.63) is 29.8 Å². The van der Waals surface area contributed by atoms with Crippen LogP contribution in [0.25, 0.3) is 0 Å². The summed E-state index contributed by atoms with van der Waals surface area (Å²) >= 11 is 0. The van der Waals surface area contributed by atoms with Crippen LogP contribution in [0.3, 0.4) is 0 Å². The van der Waals surface area contributed by atoms with Gasteiger partial charge in [-0.2, -0.15) is 0 Å². The quantitative estimate of drug-likeness (QED) is 0.682. The summed E-state index contributed by atoms with van der Waals surface area (Å²) in [6.07, 6.45) is 3.09. The van der Waals surface area contributed by atoms with Gasteiger partial charge in [-0.1, -0.05) is 12.1 Å². The van der Waals surface area contributed by atoms with Crippen LogP contribution >= 0.6 is 0 Å². The minimum Gasteiger partial charge on any atom is -0.444 e. The van der Waals surface area contributed by atoms with Crippen LogP contribution in [-0.2, 0) is 14.3 Å². The molecule has 1 N–H and O–H groups in total. The summed E-state index contributed by atoms with van der Waals surface area (Å²) in [6.45, 7) is 12.1. The Labute approximate surface area is 202 Å². The number of hydrogen-bond donors (Lipinski definition) is 1. The standard InChI is InChI=1S/C26H38N4O4/c1-26(2,3)34-25(33)30-16-14-28(15-17-30)18-19-10-12-29(13-11-19)21-6-4-20(5-7-21)22-8-9-23(31)27-24(22)32/h4-7,19,22H,8-18H2,1-3H3,(H,27,31,32). The molecule has 3 saturated heterocycles. The lowest BCUT2D eigenvalue weighted by atomic mass is 9.90. The van der Waals surface area contributed by atoms with Crippen LogP contribution < -0.4 is 10.2 Å². The molecule has 0 aliphatic carbocycles. The van der Waals surface area contributed by atoms with Crippen molar-refractivity contribution in [3.8, 4) is 0 Å². The van der Waals surface area contributed by atoms with Crippen LogP contribution in [0, 0.1) is 5.92 Å². The largest absolute Gasteiger partial charge is 0.444 e. The Morgan fingerprint density at radius 3 is 2.21 bits per heavy atom. The predicted octanol–water partition coefficient (Wildman–Crippen LogP) is 2.98. The molecule has 0 saturated carbocycles. The first-order valence-electron chi connectivity index (χ1n) is 12.6. The number of piperidine rings is 2. The number of rotatable bonds is 4. The van der Waals surface area contributed by atoms with Gasteiger partial charge in [-0.15, -0.1) is 0 Å². The highest BCUT2D eigenvalue weighted by atomic mass is 16.6. The molecule has 1 unspecified atom stereocenters. The fourth-order valence-corrected chi connectivity index (χ4v) is 5.11. The Balaban J connectivity index is 1.20. The number of carbonyl (C=O) groups excluding carboxylic acids is 3. The Bertz CT molecular complexity index is 879. The molecule has 3 fully saturated rings. The first-order chi connectivity index (χ1) is 16.2. The van der Waals surface area contributed by atoms with E-state index in [9.17, 15) is 14.4 Å². The lowest BCUT2D eigenvalue weighted by molar-refractivity contribution is -0.134. The molecule has 0 aromatic heterocycles. The summed E-state index contributed by atoms with van der Waals surface area (Å²) in [7, 11) is 0. The average molecular weight is 471 g/mol. The van der Waals surface area contributed by atoms with Crippen molar-refractivity contribution in [3.63, 3.8) is 0 Å². The number of piperazine rings is 1. The SMILES string of the molecule is CC(C)(C)OC(=O)N1CCN(CC2CCN(c3ccc(C4CCC(=O)NC4=O)cc3)CC2)CC1. The zero-order chi connectivity index (χ0) is 24.3. The molecular formula is C26H38N4O4. The number of amides is 3. The molecule has 0 bridgehead atoms. The highest BCUT2D eigenvalue weighted by Crippen LogP contribution is 2.29. The van der Waals surface area contributed by atoms with E-state index in [2.05, 4.69) is 27.2 Å². The minimum absolute atomic E-state index is 0.175. The van der Waals surface area contributed by atoms with Crippen molar-refractivity contribution in [2.45, 2.75) is 58.0 Å². The van der Waals surface area contributed by atoms with Crippen LogP contribution in [0.15, 0.2) is 24.3 Å². The first-order valence-corrected chi connectivity index (χ1v) is 12.6. The van der Waals surface area contributed by atoms with Gasteiger partial charge in [0.05, 0.1) is 5.92 Å². The second-order valence-electron chi connectivity index (χ2n) is 10.8. The molecule has 1 atom stereocenters. The van der Waals surface area contributed by atoms with E-state index in [1.807, 2.05) is 37.8 Å². The molecule has 3 amide bonds. The highest BCUT2D eigenvalue weighted by Gasteiger charge is 2.29. The highest BCUT2D eigenvalue weighted by molar-refractivity contribution is 6.00. The van der Waals surface area contributed by atoms with E-state index < -0.39 is 5.60 Å². The third-order valence-corrected chi connectivity index (χ3v) is 7.05. The number of nitrogens with one attached hydrogen (secondary N) is 1. The van der Waals surface area contributed by atoms with E-state index in [-0.39, 0.29) is 23.8 Å². The maximum absolute atomic E-state index is 12.3. The van der Waals surface area contributed by atoms with E-state index in [1.165, 1.54) is 5.69 Å². The number of imide groups is 1. The summed E-state index contributed by atoms with van der Waals surface area (Å²) in [5.41, 5.74) is 1.72. The van der Waals surface area contributed by atoms with Crippen LogP contribution in [0.4, 0.5) is 10.5 Å². The minimum atomic E-state index is -0.451. The third-order valence-electron chi connectivity index (χ3n) is 7.05. The summed E-state index contributed by atoms with van der Waals surface area (Å²) in [5.74, 6) is 0.0859. The lowest BCUT2D eigenvalue weighted by Crippen LogP contribution is -2.51. The van der Waals surface area contributed by atoms with E-state index >= 15 is 0 Å². The first kappa shape index (κ1) is 24.5. The van der Waals surface area contributed by atoms with E-state index in [0.717, 1.165) is 64.2 Å². The molecule has 8 heteroatoms. The second kappa shape index (κ2) is 10.3. The third kappa shape index (κ3) is 6.29. The molecule has 186 valence electrons. The van der Waals surface area contributed by atoms with Gasteiger partial charge in [-0.05, 0) is 63.6 Å². The maximum atomic E-state index is 12.3. The molecule has 3 heterocycles. The fraction of sp³-hybridized carbons (Fsp3) is 0.654. The molecule has 0 spiro atoms. The summed E-state index contributed by atoms with van der Waals surface area (Å²) in [4.78, 5) is 42.5. The van der Waals surface area contributed by atoms with Gasteiger partial charge in [0.1, 0.15) is 5.60 Å². The van der Waals surface area contributed by atoms with Crippen LogP contribution in [0.1, 0.15) is 57.9 Å². The molecule has 1 aromatic rings. The Kier molecular flexibility index (Phi) is 7.45. The van der Waals surface area contributed by atoms with Gasteiger partial charge in [0, 0.05) is 57.9 Å². The van der Waals surface area contributed by atoms with Gasteiger partial charge in [0.2, 0.25) is 11.8 Å². The van der Waals surface area contributed by atoms with Gasteiger partial charge < -0.3 is 14.5 Å². The zero-order valence-electron chi connectivity index (χ0n) is 20.7. The Hall–Kier alpha value is -2.61. The van der Waals surface area contributed by atoms with Crippen molar-refractivity contribution >= 4 is 23.6 Å². The van der Waals surface area contributed by atoms with Crippen LogP contribution in [-0.4, -0.2) is 79.1 Å². The zero-order valence-corrected chi connectivity index (χ0v) is 20.7. The number of anilines is 1. The fourth-order valence-electron chi connectivity index (χ4n) is 5.11. The lowest BCUT2D eigenvalue weighted by Gasteiger charge is -2.39. The van der Waals surface area contributed by atoms with Crippen molar-refractivity contribution in [1.29, 1.82) is 0 Å². The summed E-state index contributed by atoms with van der Waals surface area (Å²) in [5, 5.41) is 2.44. The number of hydrogen-bond acceptors (Lipinski definition) is 6. The normalized spacial score (nSPS) is 23.1. The Morgan fingerprint density at radius 1 is 0.971 bits per heavy atom. The average Bonchev–Trinajstić information content (AvgIpc) is 2.79.